The van der Waals surface area contributed by atoms with Crippen LogP contribution < -0.4 is 5.32 Å². The van der Waals surface area contributed by atoms with Gasteiger partial charge in [0.1, 0.15) is 12.1 Å². The maximum absolute atomic E-state index is 11.2. The first-order valence-corrected chi connectivity index (χ1v) is 4.55. The van der Waals surface area contributed by atoms with Crippen LogP contribution in [0.25, 0.3) is 0 Å². The number of carboxylic acids is 1. The fourth-order valence-electron chi connectivity index (χ4n) is 0.925. The highest BCUT2D eigenvalue weighted by Gasteiger charge is 2.20. The van der Waals surface area contributed by atoms with E-state index in [0.29, 0.717) is 6.42 Å². The van der Waals surface area contributed by atoms with Gasteiger partial charge in [0.2, 0.25) is 5.91 Å². The highest BCUT2D eigenvalue weighted by atomic mass is 16.4. The van der Waals surface area contributed by atoms with Gasteiger partial charge in [-0.05, 0) is 19.3 Å². The molecule has 0 aliphatic rings. The third-order valence-electron chi connectivity index (χ3n) is 1.73. The van der Waals surface area contributed by atoms with Crippen LogP contribution >= 0.6 is 0 Å². The van der Waals surface area contributed by atoms with Crippen LogP contribution in [0.1, 0.15) is 27.2 Å². The lowest BCUT2D eigenvalue weighted by Crippen LogP contribution is -2.44. The summed E-state index contributed by atoms with van der Waals surface area (Å²) in [6.07, 6.45) is -0.796. The van der Waals surface area contributed by atoms with Crippen molar-refractivity contribution in [2.24, 2.45) is 5.92 Å². The van der Waals surface area contributed by atoms with Crippen molar-refractivity contribution in [2.45, 2.75) is 39.3 Å². The van der Waals surface area contributed by atoms with Gasteiger partial charge in [0.05, 0.1) is 0 Å². The molecule has 5 nitrogen and oxygen atoms in total. The Balaban J connectivity index is 4.01. The Morgan fingerprint density at radius 1 is 1.29 bits per heavy atom. The van der Waals surface area contributed by atoms with Gasteiger partial charge in [-0.25, -0.2) is 0 Å². The monoisotopic (exact) mass is 203 g/mol. The maximum Gasteiger partial charge on any atom is 0.325 e. The molecule has 0 spiro atoms. The zero-order valence-corrected chi connectivity index (χ0v) is 8.65. The second-order valence-electron chi connectivity index (χ2n) is 3.71. The van der Waals surface area contributed by atoms with Crippen LogP contribution in [0.3, 0.4) is 0 Å². The van der Waals surface area contributed by atoms with E-state index in [1.807, 2.05) is 13.8 Å². The fourth-order valence-corrected chi connectivity index (χ4v) is 0.925. The molecule has 0 aromatic carbocycles. The maximum atomic E-state index is 11.2. The lowest BCUT2D eigenvalue weighted by atomic mass is 10.1. The first-order valence-electron chi connectivity index (χ1n) is 4.55. The molecule has 5 heteroatoms. The number of amides is 1. The number of hydrogen-bond acceptors (Lipinski definition) is 3. The molecule has 0 fully saturated rings. The Morgan fingerprint density at radius 2 is 1.79 bits per heavy atom. The molecule has 0 saturated carbocycles. The summed E-state index contributed by atoms with van der Waals surface area (Å²) in [6, 6.07) is -0.968. The number of aliphatic hydroxyl groups is 1. The van der Waals surface area contributed by atoms with Crippen molar-refractivity contribution < 1.29 is 19.8 Å². The van der Waals surface area contributed by atoms with Gasteiger partial charge in [-0.15, -0.1) is 0 Å². The second-order valence-corrected chi connectivity index (χ2v) is 3.71. The molecule has 0 aliphatic heterocycles. The predicted octanol–water partition coefficient (Wildman–Crippen LogP) is -0.0173. The molecular formula is C9H17NO4. The lowest BCUT2D eigenvalue weighted by Gasteiger charge is -2.15. The molecule has 0 saturated heterocycles. The minimum atomic E-state index is -1.13. The van der Waals surface area contributed by atoms with Crippen molar-refractivity contribution in [3.8, 4) is 0 Å². The quantitative estimate of drug-likeness (QED) is 0.586. The third kappa shape index (κ3) is 4.81. The summed E-state index contributed by atoms with van der Waals surface area (Å²) in [4.78, 5) is 21.6. The number of rotatable bonds is 5. The smallest absolute Gasteiger partial charge is 0.325 e. The number of aliphatic carboxylic acids is 1. The summed E-state index contributed by atoms with van der Waals surface area (Å²) >= 11 is 0. The van der Waals surface area contributed by atoms with Crippen LogP contribution in [0, 0.1) is 5.92 Å². The van der Waals surface area contributed by atoms with Crippen molar-refractivity contribution in [3.63, 3.8) is 0 Å². The number of aliphatic hydroxyl groups excluding tert-OH is 1. The molecule has 0 radical (unpaired) electrons. The van der Waals surface area contributed by atoms with E-state index < -0.39 is 24.0 Å². The van der Waals surface area contributed by atoms with Gasteiger partial charge in [-0.3, -0.25) is 9.59 Å². The van der Waals surface area contributed by atoms with Gasteiger partial charge in [-0.1, -0.05) is 13.8 Å². The number of carbonyl (C=O) groups excluding carboxylic acids is 1. The Kier molecular flexibility index (Phi) is 5.15. The van der Waals surface area contributed by atoms with Gasteiger partial charge in [0.25, 0.3) is 0 Å². The first kappa shape index (κ1) is 12.9. The summed E-state index contributed by atoms with van der Waals surface area (Å²) in [5.41, 5.74) is 0. The summed E-state index contributed by atoms with van der Waals surface area (Å²) < 4.78 is 0. The Hall–Kier alpha value is -1.10. The minimum Gasteiger partial charge on any atom is -0.480 e. The molecule has 1 unspecified atom stereocenters. The Bertz CT molecular complexity index is 215. The summed E-state index contributed by atoms with van der Waals surface area (Å²) in [5, 5.41) is 20.0. The molecule has 0 aromatic rings. The first-order chi connectivity index (χ1) is 6.34. The van der Waals surface area contributed by atoms with Gasteiger partial charge >= 0.3 is 5.97 Å². The van der Waals surface area contributed by atoms with Crippen LogP contribution in [0.15, 0.2) is 0 Å². The van der Waals surface area contributed by atoms with E-state index in [4.69, 9.17) is 5.11 Å². The standard InChI is InChI=1S/C9H17NO4/c1-5(2)4-7(11)8(12)10-6(3)9(13)14/h5-7,11H,4H2,1-3H3,(H,10,12)(H,13,14)/t6-,7?/m0/s1. The number of hydrogen-bond donors (Lipinski definition) is 3. The number of carboxylic acid groups (broad SMARTS) is 1. The number of carbonyl (C=O) groups is 2. The molecule has 2 atom stereocenters. The van der Waals surface area contributed by atoms with Crippen LogP contribution in [0.4, 0.5) is 0 Å². The molecule has 1 amide bonds. The third-order valence-corrected chi connectivity index (χ3v) is 1.73. The van der Waals surface area contributed by atoms with Gasteiger partial charge in [0.15, 0.2) is 0 Å². The second kappa shape index (κ2) is 5.59. The molecule has 82 valence electrons. The van der Waals surface area contributed by atoms with E-state index >= 15 is 0 Å². The van der Waals surface area contributed by atoms with Gasteiger partial charge in [-0.2, -0.15) is 0 Å². The predicted molar refractivity (Wildman–Crippen MR) is 50.7 cm³/mol. The van der Waals surface area contributed by atoms with E-state index in [1.165, 1.54) is 6.92 Å². The van der Waals surface area contributed by atoms with E-state index in [9.17, 15) is 14.7 Å². The molecule has 3 N–H and O–H groups in total. The van der Waals surface area contributed by atoms with Crippen molar-refractivity contribution >= 4 is 11.9 Å². The average Bonchev–Trinajstić information content (AvgIpc) is 2.02. The molecule has 0 heterocycles. The van der Waals surface area contributed by atoms with E-state index in [1.54, 1.807) is 0 Å². The number of nitrogens with one attached hydrogen (secondary N) is 1. The van der Waals surface area contributed by atoms with Crippen LogP contribution in [0.2, 0.25) is 0 Å². The van der Waals surface area contributed by atoms with Crippen molar-refractivity contribution in [3.05, 3.63) is 0 Å². The Labute approximate surface area is 83.1 Å². The van der Waals surface area contributed by atoms with Gasteiger partial charge in [0, 0.05) is 0 Å². The van der Waals surface area contributed by atoms with E-state index in [-0.39, 0.29) is 5.92 Å². The summed E-state index contributed by atoms with van der Waals surface area (Å²) in [7, 11) is 0. The highest BCUT2D eigenvalue weighted by molar-refractivity contribution is 5.85. The van der Waals surface area contributed by atoms with E-state index in [0.717, 1.165) is 0 Å². The highest BCUT2D eigenvalue weighted by Crippen LogP contribution is 2.04. The van der Waals surface area contributed by atoms with Crippen molar-refractivity contribution in [2.75, 3.05) is 0 Å². The van der Waals surface area contributed by atoms with Crippen LogP contribution in [-0.4, -0.2) is 34.2 Å². The minimum absolute atomic E-state index is 0.191. The molecule has 0 aromatic heterocycles. The topological polar surface area (TPSA) is 86.6 Å². The Morgan fingerprint density at radius 3 is 2.14 bits per heavy atom. The zero-order chi connectivity index (χ0) is 11.3. The van der Waals surface area contributed by atoms with Crippen LogP contribution in [0.5, 0.6) is 0 Å². The van der Waals surface area contributed by atoms with E-state index in [2.05, 4.69) is 5.32 Å². The summed E-state index contributed by atoms with van der Waals surface area (Å²) in [5.74, 6) is -1.56. The van der Waals surface area contributed by atoms with Crippen molar-refractivity contribution in [1.29, 1.82) is 0 Å². The molecule has 14 heavy (non-hydrogen) atoms. The van der Waals surface area contributed by atoms with Gasteiger partial charge < -0.3 is 15.5 Å². The molecular weight excluding hydrogens is 186 g/mol. The zero-order valence-electron chi connectivity index (χ0n) is 8.65. The fraction of sp³-hybridized carbons (Fsp3) is 0.778. The molecule has 0 bridgehead atoms. The average molecular weight is 203 g/mol. The molecule has 0 rings (SSSR count). The SMILES string of the molecule is CC(C)CC(O)C(=O)N[C@@H](C)C(=O)O. The van der Waals surface area contributed by atoms with Crippen molar-refractivity contribution in [1.82, 2.24) is 5.32 Å². The largest absolute Gasteiger partial charge is 0.480 e. The molecule has 0 aliphatic carbocycles. The normalized spacial score (nSPS) is 14.9. The summed E-state index contributed by atoms with van der Waals surface area (Å²) in [6.45, 7) is 5.09. The van der Waals surface area contributed by atoms with Crippen LogP contribution in [-0.2, 0) is 9.59 Å². The lowest BCUT2D eigenvalue weighted by molar-refractivity contribution is -0.143.